The standard InChI is InChI=1S/C30H30ClFN4O3/c1-17-5-4-6-25(24-15-20(9-12-33-24)29-23(34-30(17)39)11-13-35(29)3)36-14-10-19(16-26(36)38)27-21(18(2)37)7-8-22(31)28(27)32/h7-9,11-13,15-17,25H,4-6,10,14H2,1-3H3,(H,34,39)/t17-,25+/m1/s1. The third kappa shape index (κ3) is 5.13. The van der Waals surface area contributed by atoms with Crippen LogP contribution in [0.3, 0.4) is 0 Å². The van der Waals surface area contributed by atoms with Gasteiger partial charge >= 0.3 is 0 Å². The summed E-state index contributed by atoms with van der Waals surface area (Å²) < 4.78 is 17.0. The van der Waals surface area contributed by atoms with Gasteiger partial charge in [0.2, 0.25) is 11.8 Å². The van der Waals surface area contributed by atoms with Gasteiger partial charge in [-0.15, -0.1) is 0 Å². The number of amides is 2. The molecule has 2 atom stereocenters. The van der Waals surface area contributed by atoms with Crippen LogP contribution in [0.15, 0.2) is 48.8 Å². The average Bonchev–Trinajstić information content (AvgIpc) is 3.27. The van der Waals surface area contributed by atoms with Crippen molar-refractivity contribution >= 4 is 40.5 Å². The van der Waals surface area contributed by atoms with Crippen LogP contribution in [0, 0.1) is 11.7 Å². The number of hydrogen-bond donors (Lipinski definition) is 1. The lowest BCUT2D eigenvalue weighted by atomic mass is 9.90. The molecular formula is C30H30ClFN4O3. The summed E-state index contributed by atoms with van der Waals surface area (Å²) in [6.07, 6.45) is 7.38. The highest BCUT2D eigenvalue weighted by Crippen LogP contribution is 2.37. The number of fused-ring (bicyclic) bond motifs is 4. The fraction of sp³-hybridized carbons (Fsp3) is 0.333. The molecule has 2 bridgehead atoms. The first-order valence-electron chi connectivity index (χ1n) is 13.1. The molecule has 1 N–H and O–H groups in total. The molecular weight excluding hydrogens is 519 g/mol. The van der Waals surface area contributed by atoms with Crippen LogP contribution < -0.4 is 5.32 Å². The molecule has 9 heteroatoms. The summed E-state index contributed by atoms with van der Waals surface area (Å²) in [7, 11) is 1.92. The first kappa shape index (κ1) is 26.8. The number of aromatic nitrogens is 2. The summed E-state index contributed by atoms with van der Waals surface area (Å²) in [6.45, 7) is 3.60. The quantitative estimate of drug-likeness (QED) is 0.395. The molecule has 0 spiro atoms. The second kappa shape index (κ2) is 10.8. The highest BCUT2D eigenvalue weighted by Gasteiger charge is 2.31. The Bertz CT molecular complexity index is 1510. The maximum atomic E-state index is 15.1. The van der Waals surface area contributed by atoms with Gasteiger partial charge in [0.25, 0.3) is 0 Å². The van der Waals surface area contributed by atoms with Crippen LogP contribution in [-0.2, 0) is 16.6 Å². The molecule has 2 aromatic heterocycles. The number of carbonyl (C=O) groups is 3. The van der Waals surface area contributed by atoms with Crippen LogP contribution in [0.2, 0.25) is 5.02 Å². The molecule has 7 nitrogen and oxygen atoms in total. The lowest BCUT2D eigenvalue weighted by Crippen LogP contribution is -2.38. The zero-order valence-corrected chi connectivity index (χ0v) is 22.9. The molecule has 0 radical (unpaired) electrons. The molecule has 2 amide bonds. The predicted octanol–water partition coefficient (Wildman–Crippen LogP) is 6.20. The van der Waals surface area contributed by atoms with E-state index in [1.807, 2.05) is 42.9 Å². The molecule has 0 unspecified atom stereocenters. The lowest BCUT2D eigenvalue weighted by molar-refractivity contribution is -0.129. The van der Waals surface area contributed by atoms with Crippen LogP contribution in [0.25, 0.3) is 16.8 Å². The number of carbonyl (C=O) groups excluding carboxylic acids is 3. The van der Waals surface area contributed by atoms with Gasteiger partial charge in [0, 0.05) is 54.7 Å². The molecule has 2 aliphatic rings. The fourth-order valence-corrected chi connectivity index (χ4v) is 5.71. The van der Waals surface area contributed by atoms with E-state index in [-0.39, 0.29) is 45.7 Å². The van der Waals surface area contributed by atoms with Crippen LogP contribution in [0.1, 0.15) is 67.2 Å². The van der Waals surface area contributed by atoms with Gasteiger partial charge in [0.05, 0.1) is 28.1 Å². The topological polar surface area (TPSA) is 84.3 Å². The van der Waals surface area contributed by atoms with Crippen molar-refractivity contribution in [2.45, 2.75) is 45.6 Å². The Morgan fingerprint density at radius 1 is 1.18 bits per heavy atom. The zero-order chi connectivity index (χ0) is 27.8. The van der Waals surface area contributed by atoms with Crippen molar-refractivity contribution in [2.75, 3.05) is 11.9 Å². The molecule has 2 aliphatic heterocycles. The highest BCUT2D eigenvalue weighted by atomic mass is 35.5. The molecule has 0 fully saturated rings. The molecule has 1 aromatic carbocycles. The summed E-state index contributed by atoms with van der Waals surface area (Å²) in [5.74, 6) is -1.51. The SMILES string of the molecule is CC(=O)c1ccc(Cl)c(F)c1C1=CC(=O)N([C@H]2CCC[C@@H](C)C(=O)Nc3ccn(C)c3-c3ccnc2c3)CC1. The summed E-state index contributed by atoms with van der Waals surface area (Å²) in [5.41, 5.74) is 3.98. The van der Waals surface area contributed by atoms with E-state index < -0.39 is 5.82 Å². The Kier molecular flexibility index (Phi) is 7.40. The summed E-state index contributed by atoms with van der Waals surface area (Å²) in [5, 5.41) is 2.97. The minimum Gasteiger partial charge on any atom is -0.349 e. The number of pyridine rings is 1. The van der Waals surface area contributed by atoms with Crippen molar-refractivity contribution in [1.29, 1.82) is 0 Å². The molecule has 0 saturated carbocycles. The number of halogens is 2. The number of nitrogens with zero attached hydrogens (tertiary/aromatic N) is 3. The number of anilines is 1. The van der Waals surface area contributed by atoms with E-state index in [1.165, 1.54) is 25.1 Å². The smallest absolute Gasteiger partial charge is 0.247 e. The van der Waals surface area contributed by atoms with Crippen molar-refractivity contribution in [3.63, 3.8) is 0 Å². The molecule has 0 saturated heterocycles. The van der Waals surface area contributed by atoms with E-state index in [2.05, 4.69) is 10.3 Å². The summed E-state index contributed by atoms with van der Waals surface area (Å²) in [4.78, 5) is 45.1. The second-order valence-electron chi connectivity index (χ2n) is 10.3. The Morgan fingerprint density at radius 3 is 2.72 bits per heavy atom. The lowest BCUT2D eigenvalue weighted by Gasteiger charge is -2.35. The Morgan fingerprint density at radius 2 is 1.97 bits per heavy atom. The van der Waals surface area contributed by atoms with Crippen molar-refractivity contribution in [3.8, 4) is 11.3 Å². The predicted molar refractivity (Wildman–Crippen MR) is 149 cm³/mol. The Hall–Kier alpha value is -3.78. The van der Waals surface area contributed by atoms with Gasteiger partial charge in [-0.25, -0.2) is 4.39 Å². The average molecular weight is 549 g/mol. The number of ketones is 1. The van der Waals surface area contributed by atoms with E-state index in [1.54, 1.807) is 11.1 Å². The number of Topliss-reactive ketones (excluding diaryl/α,β-unsaturated/α-hetero) is 1. The number of hydrogen-bond acceptors (Lipinski definition) is 4. The summed E-state index contributed by atoms with van der Waals surface area (Å²) >= 11 is 6.04. The highest BCUT2D eigenvalue weighted by molar-refractivity contribution is 6.31. The van der Waals surface area contributed by atoms with E-state index in [4.69, 9.17) is 11.6 Å². The van der Waals surface area contributed by atoms with Crippen LogP contribution >= 0.6 is 11.6 Å². The first-order chi connectivity index (χ1) is 18.7. The van der Waals surface area contributed by atoms with Gasteiger partial charge in [-0.1, -0.05) is 24.9 Å². The normalized spacial score (nSPS) is 19.9. The molecule has 0 aliphatic carbocycles. The van der Waals surface area contributed by atoms with Crippen LogP contribution in [0.5, 0.6) is 0 Å². The van der Waals surface area contributed by atoms with Gasteiger partial charge in [0.15, 0.2) is 5.78 Å². The zero-order valence-electron chi connectivity index (χ0n) is 22.1. The van der Waals surface area contributed by atoms with Crippen LogP contribution in [-0.4, -0.2) is 38.6 Å². The number of aryl methyl sites for hydroxylation is 1. The van der Waals surface area contributed by atoms with E-state index >= 15 is 4.39 Å². The first-order valence-corrected chi connectivity index (χ1v) is 13.5. The van der Waals surface area contributed by atoms with Gasteiger partial charge in [-0.3, -0.25) is 19.4 Å². The van der Waals surface area contributed by atoms with Crippen molar-refractivity contribution < 1.29 is 18.8 Å². The maximum absolute atomic E-state index is 15.1. The van der Waals surface area contributed by atoms with Gasteiger partial charge in [-0.05, 0) is 62.1 Å². The number of rotatable bonds is 3. The van der Waals surface area contributed by atoms with Gasteiger partial charge in [-0.2, -0.15) is 0 Å². The fourth-order valence-electron chi connectivity index (χ4n) is 5.56. The number of nitrogens with one attached hydrogen (secondary N) is 1. The van der Waals surface area contributed by atoms with Crippen molar-refractivity contribution in [2.24, 2.45) is 13.0 Å². The third-order valence-electron chi connectivity index (χ3n) is 7.66. The van der Waals surface area contributed by atoms with Crippen molar-refractivity contribution in [1.82, 2.24) is 14.5 Å². The molecule has 5 rings (SSSR count). The maximum Gasteiger partial charge on any atom is 0.247 e. The van der Waals surface area contributed by atoms with E-state index in [9.17, 15) is 14.4 Å². The second-order valence-corrected chi connectivity index (χ2v) is 10.7. The third-order valence-corrected chi connectivity index (χ3v) is 7.95. The van der Waals surface area contributed by atoms with E-state index in [0.29, 0.717) is 37.8 Å². The largest absolute Gasteiger partial charge is 0.349 e. The summed E-state index contributed by atoms with van der Waals surface area (Å²) in [6, 6.07) is 8.27. The molecule has 202 valence electrons. The molecule has 39 heavy (non-hydrogen) atoms. The minimum atomic E-state index is -0.692. The monoisotopic (exact) mass is 548 g/mol. The Labute approximate surface area is 231 Å². The van der Waals surface area contributed by atoms with Gasteiger partial charge in [0.1, 0.15) is 5.82 Å². The minimum absolute atomic E-state index is 0.0414. The van der Waals surface area contributed by atoms with Crippen molar-refractivity contribution in [3.05, 3.63) is 76.5 Å². The molecule has 4 heterocycles. The van der Waals surface area contributed by atoms with E-state index in [0.717, 1.165) is 22.6 Å². The van der Waals surface area contributed by atoms with Gasteiger partial charge < -0.3 is 14.8 Å². The molecule has 3 aromatic rings. The number of benzene rings is 1. The van der Waals surface area contributed by atoms with Crippen LogP contribution in [0.4, 0.5) is 10.1 Å². The Balaban J connectivity index is 1.54.